The molecule has 0 spiro atoms. The Labute approximate surface area is 140 Å². The van der Waals surface area contributed by atoms with Crippen molar-refractivity contribution in [2.75, 3.05) is 7.11 Å². The van der Waals surface area contributed by atoms with E-state index in [1.165, 1.54) is 25.6 Å². The number of ether oxygens (including phenoxy) is 1. The van der Waals surface area contributed by atoms with Crippen LogP contribution >= 0.6 is 15.9 Å². The summed E-state index contributed by atoms with van der Waals surface area (Å²) in [6.07, 6.45) is 0. The first-order valence-electron chi connectivity index (χ1n) is 6.67. The number of aryl methyl sites for hydroxylation is 1. The van der Waals surface area contributed by atoms with Crippen LogP contribution < -0.4 is 10.9 Å². The van der Waals surface area contributed by atoms with Gasteiger partial charge in [0.2, 0.25) is 0 Å². The Morgan fingerprint density at radius 2 is 2.04 bits per heavy atom. The SMILES string of the molecule is COC(=O)[C@H](C)NC(=O)c1c(O)c2ccc(Br)cc2n(C)c1=O. The first kappa shape index (κ1) is 17.0. The van der Waals surface area contributed by atoms with E-state index >= 15 is 0 Å². The smallest absolute Gasteiger partial charge is 0.328 e. The number of hydrogen-bond acceptors (Lipinski definition) is 5. The summed E-state index contributed by atoms with van der Waals surface area (Å²) in [4.78, 5) is 36.0. The van der Waals surface area contributed by atoms with E-state index in [9.17, 15) is 19.5 Å². The summed E-state index contributed by atoms with van der Waals surface area (Å²) in [5.41, 5.74) is -0.611. The van der Waals surface area contributed by atoms with E-state index < -0.39 is 34.8 Å². The summed E-state index contributed by atoms with van der Waals surface area (Å²) in [6.45, 7) is 1.42. The first-order chi connectivity index (χ1) is 10.8. The molecule has 0 aliphatic heterocycles. The fraction of sp³-hybridized carbons (Fsp3) is 0.267. The standard InChI is InChI=1S/C15H15BrN2O5/c1-7(15(22)23-3)17-13(20)11-12(19)9-5-4-8(16)6-10(9)18(2)14(11)21/h4-7,19H,1-3H3,(H,17,20)/t7-/m0/s1. The Morgan fingerprint density at radius 3 is 2.65 bits per heavy atom. The highest BCUT2D eigenvalue weighted by Gasteiger charge is 2.24. The van der Waals surface area contributed by atoms with Gasteiger partial charge >= 0.3 is 5.97 Å². The minimum atomic E-state index is -0.947. The number of amides is 1. The van der Waals surface area contributed by atoms with Crippen LogP contribution in [0.4, 0.5) is 0 Å². The van der Waals surface area contributed by atoms with Crippen molar-refractivity contribution in [3.8, 4) is 5.75 Å². The van der Waals surface area contributed by atoms with E-state index in [0.29, 0.717) is 10.9 Å². The maximum atomic E-state index is 12.4. The van der Waals surface area contributed by atoms with Crippen molar-refractivity contribution in [3.63, 3.8) is 0 Å². The van der Waals surface area contributed by atoms with Crippen molar-refractivity contribution >= 4 is 38.7 Å². The van der Waals surface area contributed by atoms with Gasteiger partial charge in [-0.05, 0) is 25.1 Å². The number of aromatic nitrogens is 1. The van der Waals surface area contributed by atoms with E-state index in [1.807, 2.05) is 0 Å². The Balaban J connectivity index is 2.58. The van der Waals surface area contributed by atoms with E-state index in [0.717, 1.165) is 4.47 Å². The fourth-order valence-corrected chi connectivity index (χ4v) is 2.55. The number of nitrogens with one attached hydrogen (secondary N) is 1. The van der Waals surface area contributed by atoms with E-state index in [4.69, 9.17) is 0 Å². The molecule has 1 amide bonds. The van der Waals surface area contributed by atoms with Crippen molar-refractivity contribution in [1.29, 1.82) is 0 Å². The van der Waals surface area contributed by atoms with Crippen LogP contribution in [0.2, 0.25) is 0 Å². The lowest BCUT2D eigenvalue weighted by molar-refractivity contribution is -0.142. The number of hydrogen-bond donors (Lipinski definition) is 2. The van der Waals surface area contributed by atoms with Gasteiger partial charge in [0.25, 0.3) is 11.5 Å². The molecule has 23 heavy (non-hydrogen) atoms. The van der Waals surface area contributed by atoms with Crippen molar-refractivity contribution in [2.45, 2.75) is 13.0 Å². The zero-order valence-electron chi connectivity index (χ0n) is 12.7. The number of carbonyl (C=O) groups excluding carboxylic acids is 2. The summed E-state index contributed by atoms with van der Waals surface area (Å²) in [7, 11) is 2.69. The predicted molar refractivity (Wildman–Crippen MR) is 87.5 cm³/mol. The number of fused-ring (bicyclic) bond motifs is 1. The lowest BCUT2D eigenvalue weighted by Crippen LogP contribution is -2.41. The number of halogens is 1. The molecule has 1 aromatic carbocycles. The highest BCUT2D eigenvalue weighted by Crippen LogP contribution is 2.28. The quantitative estimate of drug-likeness (QED) is 0.779. The molecule has 122 valence electrons. The van der Waals surface area contributed by atoms with Crippen LogP contribution in [0, 0.1) is 0 Å². The number of pyridine rings is 1. The van der Waals surface area contributed by atoms with Gasteiger partial charge in [0.05, 0.1) is 12.6 Å². The lowest BCUT2D eigenvalue weighted by atomic mass is 10.1. The molecule has 2 N–H and O–H groups in total. The van der Waals surface area contributed by atoms with Crippen LogP contribution in [0.3, 0.4) is 0 Å². The molecule has 0 aliphatic rings. The summed E-state index contributed by atoms with van der Waals surface area (Å²) >= 11 is 3.29. The number of carbonyl (C=O) groups is 2. The molecule has 0 aliphatic carbocycles. The number of benzene rings is 1. The van der Waals surface area contributed by atoms with Crippen LogP contribution in [0.1, 0.15) is 17.3 Å². The minimum Gasteiger partial charge on any atom is -0.506 e. The maximum Gasteiger partial charge on any atom is 0.328 e. The average molecular weight is 383 g/mol. The van der Waals surface area contributed by atoms with Crippen LogP contribution in [0.15, 0.2) is 27.5 Å². The van der Waals surface area contributed by atoms with Gasteiger partial charge < -0.3 is 19.7 Å². The van der Waals surface area contributed by atoms with Crippen LogP contribution in [0.25, 0.3) is 10.9 Å². The van der Waals surface area contributed by atoms with Gasteiger partial charge in [-0.3, -0.25) is 9.59 Å². The van der Waals surface area contributed by atoms with Gasteiger partial charge in [-0.15, -0.1) is 0 Å². The maximum absolute atomic E-state index is 12.4. The fourth-order valence-electron chi connectivity index (χ4n) is 2.20. The Morgan fingerprint density at radius 1 is 1.39 bits per heavy atom. The average Bonchev–Trinajstić information content (AvgIpc) is 2.51. The minimum absolute atomic E-state index is 0.353. The third-order valence-electron chi connectivity index (χ3n) is 3.46. The zero-order chi connectivity index (χ0) is 17.3. The Kier molecular flexibility index (Phi) is 4.74. The topological polar surface area (TPSA) is 97.6 Å². The number of nitrogens with zero attached hydrogens (tertiary/aromatic N) is 1. The van der Waals surface area contributed by atoms with Gasteiger partial charge in [0.1, 0.15) is 17.4 Å². The molecule has 1 heterocycles. The van der Waals surface area contributed by atoms with Gasteiger partial charge in [0.15, 0.2) is 0 Å². The molecule has 0 fully saturated rings. The summed E-state index contributed by atoms with van der Waals surface area (Å²) < 4.78 is 6.51. The van der Waals surface area contributed by atoms with Gasteiger partial charge in [-0.2, -0.15) is 0 Å². The van der Waals surface area contributed by atoms with Gasteiger partial charge in [-0.1, -0.05) is 15.9 Å². The van der Waals surface area contributed by atoms with Crippen LogP contribution in [-0.4, -0.2) is 34.7 Å². The van der Waals surface area contributed by atoms with Crippen molar-refractivity contribution < 1.29 is 19.4 Å². The van der Waals surface area contributed by atoms with Crippen LogP contribution in [-0.2, 0) is 16.6 Å². The zero-order valence-corrected chi connectivity index (χ0v) is 14.3. The normalized spacial score (nSPS) is 12.0. The third kappa shape index (κ3) is 3.07. The summed E-state index contributed by atoms with van der Waals surface area (Å²) in [6, 6.07) is 3.99. The molecule has 0 saturated carbocycles. The molecular formula is C15H15BrN2O5. The summed E-state index contributed by atoms with van der Waals surface area (Å²) in [5.74, 6) is -1.92. The second-order valence-electron chi connectivity index (χ2n) is 4.97. The summed E-state index contributed by atoms with van der Waals surface area (Å²) in [5, 5.41) is 13.0. The second-order valence-corrected chi connectivity index (χ2v) is 5.88. The highest BCUT2D eigenvalue weighted by atomic mass is 79.9. The lowest BCUT2D eigenvalue weighted by Gasteiger charge is -2.14. The van der Waals surface area contributed by atoms with Crippen molar-refractivity contribution in [1.82, 2.24) is 9.88 Å². The van der Waals surface area contributed by atoms with Crippen molar-refractivity contribution in [3.05, 3.63) is 38.6 Å². The number of esters is 1. The van der Waals surface area contributed by atoms with Crippen molar-refractivity contribution in [2.24, 2.45) is 7.05 Å². The Hall–Kier alpha value is -2.35. The predicted octanol–water partition coefficient (Wildman–Crippen LogP) is 1.30. The molecule has 0 saturated heterocycles. The molecule has 0 bridgehead atoms. The molecule has 2 rings (SSSR count). The van der Waals surface area contributed by atoms with E-state index in [-0.39, 0.29) is 0 Å². The molecule has 0 radical (unpaired) electrons. The van der Waals surface area contributed by atoms with Gasteiger partial charge in [-0.25, -0.2) is 4.79 Å². The number of methoxy groups -OCH3 is 1. The molecule has 8 heteroatoms. The molecular weight excluding hydrogens is 368 g/mol. The molecule has 7 nitrogen and oxygen atoms in total. The molecule has 2 aromatic rings. The molecule has 1 aromatic heterocycles. The monoisotopic (exact) mass is 382 g/mol. The Bertz CT molecular complexity index is 859. The first-order valence-corrected chi connectivity index (χ1v) is 7.47. The highest BCUT2D eigenvalue weighted by molar-refractivity contribution is 9.10. The number of aromatic hydroxyl groups is 1. The third-order valence-corrected chi connectivity index (χ3v) is 3.95. The molecule has 0 unspecified atom stereocenters. The number of rotatable bonds is 3. The van der Waals surface area contributed by atoms with E-state index in [1.54, 1.807) is 18.2 Å². The second kappa shape index (κ2) is 6.41. The van der Waals surface area contributed by atoms with E-state index in [2.05, 4.69) is 26.0 Å². The van der Waals surface area contributed by atoms with Crippen LogP contribution in [0.5, 0.6) is 5.75 Å². The largest absolute Gasteiger partial charge is 0.506 e. The molecule has 1 atom stereocenters. The van der Waals surface area contributed by atoms with Gasteiger partial charge in [0, 0.05) is 16.9 Å².